The fraction of sp³-hybridized carbons (Fsp3) is 0.357. The molecule has 7 heteroatoms. The molecule has 1 aromatic carbocycles. The zero-order valence-electron chi connectivity index (χ0n) is 11.5. The topological polar surface area (TPSA) is 47.3 Å². The van der Waals surface area contributed by atoms with E-state index in [1.165, 1.54) is 11.8 Å². The van der Waals surface area contributed by atoms with Crippen molar-refractivity contribution >= 4 is 35.0 Å². The van der Waals surface area contributed by atoms with E-state index in [9.17, 15) is 5.11 Å². The number of benzene rings is 1. The lowest BCUT2D eigenvalue weighted by molar-refractivity contribution is 0.126. The molecule has 0 aliphatic carbocycles. The van der Waals surface area contributed by atoms with Gasteiger partial charge in [-0.2, -0.15) is 0 Å². The van der Waals surface area contributed by atoms with Crippen LogP contribution in [0.3, 0.4) is 0 Å². The van der Waals surface area contributed by atoms with Gasteiger partial charge in [-0.15, -0.1) is 0 Å². The Morgan fingerprint density at radius 3 is 2.95 bits per heavy atom. The van der Waals surface area contributed by atoms with Crippen LogP contribution in [-0.4, -0.2) is 33.1 Å². The Morgan fingerprint density at radius 2 is 2.24 bits per heavy atom. The van der Waals surface area contributed by atoms with E-state index in [0.29, 0.717) is 21.5 Å². The van der Waals surface area contributed by atoms with Crippen LogP contribution in [0, 0.1) is 0 Å². The molecule has 0 aliphatic rings. The third kappa shape index (κ3) is 4.81. The van der Waals surface area contributed by atoms with Crippen LogP contribution >= 0.6 is 35.0 Å². The predicted octanol–water partition coefficient (Wildman–Crippen LogP) is 3.74. The van der Waals surface area contributed by atoms with Crippen LogP contribution in [-0.2, 0) is 6.54 Å². The molecule has 0 spiro atoms. The average Bonchev–Trinajstić information content (AvgIpc) is 2.91. The van der Waals surface area contributed by atoms with Crippen LogP contribution in [0.5, 0.6) is 5.75 Å². The number of aliphatic hydroxyl groups excluding tert-OH is 1. The van der Waals surface area contributed by atoms with Gasteiger partial charge >= 0.3 is 0 Å². The molecule has 1 N–H and O–H groups in total. The molecule has 2 rings (SSSR count). The molecule has 0 aliphatic heterocycles. The van der Waals surface area contributed by atoms with Gasteiger partial charge in [0.05, 0.1) is 11.1 Å². The van der Waals surface area contributed by atoms with Crippen LogP contribution in [0.2, 0.25) is 10.0 Å². The van der Waals surface area contributed by atoms with Crippen molar-refractivity contribution in [2.45, 2.75) is 24.7 Å². The first-order valence-corrected chi connectivity index (χ1v) is 8.24. The van der Waals surface area contributed by atoms with Crippen molar-refractivity contribution in [3.63, 3.8) is 0 Å². The first kappa shape index (κ1) is 16.5. The number of thioether (sulfide) groups is 1. The van der Waals surface area contributed by atoms with Gasteiger partial charge in [-0.1, -0.05) is 35.0 Å². The van der Waals surface area contributed by atoms with Crippen molar-refractivity contribution in [2.24, 2.45) is 0 Å². The minimum Gasteiger partial charge on any atom is -0.489 e. The second kappa shape index (κ2) is 7.94. The number of halogens is 2. The van der Waals surface area contributed by atoms with E-state index in [4.69, 9.17) is 27.9 Å². The molecule has 0 saturated carbocycles. The normalized spacial score (nSPS) is 12.4. The highest BCUT2D eigenvalue weighted by molar-refractivity contribution is 7.99. The van der Waals surface area contributed by atoms with Crippen LogP contribution in [0.15, 0.2) is 35.7 Å². The summed E-state index contributed by atoms with van der Waals surface area (Å²) in [6.45, 7) is 3.07. The summed E-state index contributed by atoms with van der Waals surface area (Å²) in [6, 6.07) is 4.99. The number of aliphatic hydroxyl groups is 1. The first-order chi connectivity index (χ1) is 10.1. The molecule has 2 aromatic rings. The Hall–Kier alpha value is -0.880. The summed E-state index contributed by atoms with van der Waals surface area (Å²) in [6.07, 6.45) is 3.06. The molecule has 1 unspecified atom stereocenters. The van der Waals surface area contributed by atoms with Crippen LogP contribution in [0.4, 0.5) is 0 Å². The van der Waals surface area contributed by atoms with E-state index in [1.807, 2.05) is 17.7 Å². The lowest BCUT2D eigenvalue weighted by atomic mass is 10.3. The van der Waals surface area contributed by atoms with Gasteiger partial charge in [0.25, 0.3) is 0 Å². The van der Waals surface area contributed by atoms with Crippen LogP contribution in [0.1, 0.15) is 6.92 Å². The van der Waals surface area contributed by atoms with Crippen molar-refractivity contribution in [1.29, 1.82) is 0 Å². The van der Waals surface area contributed by atoms with Crippen molar-refractivity contribution in [1.82, 2.24) is 9.55 Å². The van der Waals surface area contributed by atoms with E-state index >= 15 is 0 Å². The van der Waals surface area contributed by atoms with Crippen molar-refractivity contribution < 1.29 is 9.84 Å². The summed E-state index contributed by atoms with van der Waals surface area (Å²) >= 11 is 13.3. The highest BCUT2D eigenvalue weighted by Gasteiger charge is 2.10. The molecule has 1 atom stereocenters. The lowest BCUT2D eigenvalue weighted by Crippen LogP contribution is -2.20. The highest BCUT2D eigenvalue weighted by atomic mass is 35.5. The Labute approximate surface area is 138 Å². The lowest BCUT2D eigenvalue weighted by Gasteiger charge is -2.13. The molecule has 114 valence electrons. The number of hydrogen-bond donors (Lipinski definition) is 1. The first-order valence-electron chi connectivity index (χ1n) is 6.50. The highest BCUT2D eigenvalue weighted by Crippen LogP contribution is 2.27. The molecule has 1 aromatic heterocycles. The van der Waals surface area contributed by atoms with Gasteiger partial charge in [0.2, 0.25) is 0 Å². The van der Waals surface area contributed by atoms with Crippen LogP contribution in [0.25, 0.3) is 0 Å². The maximum absolute atomic E-state index is 9.97. The molecule has 4 nitrogen and oxygen atoms in total. The minimum absolute atomic E-state index is 0.168. The second-order valence-corrected chi connectivity index (χ2v) is 6.18. The Morgan fingerprint density at radius 1 is 1.43 bits per heavy atom. The van der Waals surface area contributed by atoms with Gasteiger partial charge in [-0.05, 0) is 25.1 Å². The van der Waals surface area contributed by atoms with Gasteiger partial charge in [0.15, 0.2) is 5.16 Å². The van der Waals surface area contributed by atoms with E-state index in [0.717, 1.165) is 11.7 Å². The third-order valence-corrected chi connectivity index (χ3v) is 4.43. The number of hydrogen-bond acceptors (Lipinski definition) is 4. The maximum Gasteiger partial charge on any atom is 0.168 e. The van der Waals surface area contributed by atoms with Crippen molar-refractivity contribution in [3.8, 4) is 5.75 Å². The quantitative estimate of drug-likeness (QED) is 0.775. The summed E-state index contributed by atoms with van der Waals surface area (Å²) < 4.78 is 7.52. The number of aryl methyl sites for hydroxylation is 1. The monoisotopic (exact) mass is 346 g/mol. The molecular formula is C14H16Cl2N2O2S. The molecule has 21 heavy (non-hydrogen) atoms. The molecular weight excluding hydrogens is 331 g/mol. The molecule has 0 amide bonds. The summed E-state index contributed by atoms with van der Waals surface area (Å²) in [5, 5.41) is 11.8. The molecule has 0 radical (unpaired) electrons. The van der Waals surface area contributed by atoms with E-state index in [1.54, 1.807) is 24.4 Å². The van der Waals surface area contributed by atoms with E-state index in [2.05, 4.69) is 4.98 Å². The predicted molar refractivity (Wildman–Crippen MR) is 86.6 cm³/mol. The molecule has 0 saturated heterocycles. The van der Waals surface area contributed by atoms with Gasteiger partial charge in [0, 0.05) is 29.7 Å². The second-order valence-electron chi connectivity index (χ2n) is 4.35. The van der Waals surface area contributed by atoms with Crippen molar-refractivity contribution in [2.75, 3.05) is 12.4 Å². The standard InChI is InChI=1S/C14H16Cl2N2O2S/c1-2-18-6-5-17-14(18)21-9-11(19)8-20-13-4-3-10(15)7-12(13)16/h3-7,11,19H,2,8-9H2,1H3. The third-order valence-electron chi connectivity index (χ3n) is 2.75. The number of aromatic nitrogens is 2. The summed E-state index contributed by atoms with van der Waals surface area (Å²) in [4.78, 5) is 4.24. The van der Waals surface area contributed by atoms with E-state index < -0.39 is 6.10 Å². The average molecular weight is 347 g/mol. The van der Waals surface area contributed by atoms with Gasteiger partial charge in [-0.25, -0.2) is 4.98 Å². The van der Waals surface area contributed by atoms with Gasteiger partial charge < -0.3 is 14.4 Å². The molecule has 0 fully saturated rings. The fourth-order valence-corrected chi connectivity index (χ4v) is 3.07. The van der Waals surface area contributed by atoms with Gasteiger partial charge in [-0.3, -0.25) is 0 Å². The summed E-state index contributed by atoms with van der Waals surface area (Å²) in [5.74, 6) is 1.02. The number of ether oxygens (including phenoxy) is 1. The van der Waals surface area contributed by atoms with Crippen LogP contribution < -0.4 is 4.74 Å². The van der Waals surface area contributed by atoms with Crippen molar-refractivity contribution in [3.05, 3.63) is 40.6 Å². The number of nitrogens with zero attached hydrogens (tertiary/aromatic N) is 2. The zero-order valence-corrected chi connectivity index (χ0v) is 13.8. The summed E-state index contributed by atoms with van der Waals surface area (Å²) in [7, 11) is 0. The Balaban J connectivity index is 1.81. The fourth-order valence-electron chi connectivity index (χ4n) is 1.67. The smallest absolute Gasteiger partial charge is 0.168 e. The summed E-state index contributed by atoms with van der Waals surface area (Å²) in [5.41, 5.74) is 0. The molecule has 1 heterocycles. The molecule has 0 bridgehead atoms. The van der Waals surface area contributed by atoms with Gasteiger partial charge in [0.1, 0.15) is 12.4 Å². The minimum atomic E-state index is -0.608. The SMILES string of the molecule is CCn1ccnc1SCC(O)COc1ccc(Cl)cc1Cl. The Kier molecular flexibility index (Phi) is 6.23. The number of imidazole rings is 1. The zero-order chi connectivity index (χ0) is 15.2. The number of rotatable bonds is 7. The Bertz CT molecular complexity index is 592. The van der Waals surface area contributed by atoms with E-state index in [-0.39, 0.29) is 6.61 Å². The largest absolute Gasteiger partial charge is 0.489 e. The maximum atomic E-state index is 9.97.